The second kappa shape index (κ2) is 10.4. The summed E-state index contributed by atoms with van der Waals surface area (Å²) >= 11 is 0. The Bertz CT molecular complexity index is 1400. The number of rotatable bonds is 7. The molecule has 2 N–H and O–H groups in total. The number of carbonyl (C=O) groups excluding carboxylic acids is 1. The van der Waals surface area contributed by atoms with Gasteiger partial charge in [-0.25, -0.2) is 12.8 Å². The van der Waals surface area contributed by atoms with Crippen molar-refractivity contribution in [2.75, 3.05) is 11.1 Å². The van der Waals surface area contributed by atoms with E-state index in [0.29, 0.717) is 17.7 Å². The van der Waals surface area contributed by atoms with E-state index in [9.17, 15) is 49.1 Å². The number of sulfone groups is 1. The van der Waals surface area contributed by atoms with Gasteiger partial charge < -0.3 is 10.4 Å². The summed E-state index contributed by atoms with van der Waals surface area (Å²) in [5, 5.41) is 12.0. The molecule has 0 saturated carbocycles. The first-order valence-electron chi connectivity index (χ1n) is 10.9. The van der Waals surface area contributed by atoms with E-state index in [1.807, 2.05) is 0 Å². The number of nitrogens with one attached hydrogen (secondary N) is 1. The molecule has 0 unspecified atom stereocenters. The minimum Gasteiger partial charge on any atom is -0.369 e. The third-order valence-corrected chi connectivity index (χ3v) is 7.46. The fourth-order valence-electron chi connectivity index (χ4n) is 3.57. The number of amides is 1. The molecule has 0 saturated heterocycles. The van der Waals surface area contributed by atoms with E-state index in [1.165, 1.54) is 55.5 Å². The standard InChI is InChI=1S/C25H20F7NO4S/c1-2-38(36,37)19-10-3-15(4-11-19)13-22(34)33-18-8-5-16(6-9-18)20-12-7-17(14-21(20)26)23(35,24(27,28)29)25(30,31)32/h3-12,14,35H,2,13H2,1H3,(H,33,34). The van der Waals surface area contributed by atoms with E-state index in [2.05, 4.69) is 5.32 Å². The van der Waals surface area contributed by atoms with Crippen LogP contribution in [0.15, 0.2) is 71.6 Å². The van der Waals surface area contributed by atoms with E-state index in [4.69, 9.17) is 0 Å². The van der Waals surface area contributed by atoms with E-state index < -0.39 is 45.1 Å². The lowest BCUT2D eigenvalue weighted by Crippen LogP contribution is -2.53. The van der Waals surface area contributed by atoms with Crippen LogP contribution in [0, 0.1) is 5.82 Å². The molecule has 0 aromatic heterocycles. The number of alkyl halides is 6. The SMILES string of the molecule is CCS(=O)(=O)c1ccc(CC(=O)Nc2ccc(-c3ccc(C(O)(C(F)(F)F)C(F)(F)F)cc3F)cc2)cc1. The Morgan fingerprint density at radius 1 is 0.868 bits per heavy atom. The van der Waals surface area contributed by atoms with E-state index in [1.54, 1.807) is 0 Å². The van der Waals surface area contributed by atoms with Crippen LogP contribution in [0.2, 0.25) is 0 Å². The van der Waals surface area contributed by atoms with Crippen LogP contribution in [0.1, 0.15) is 18.1 Å². The van der Waals surface area contributed by atoms with Crippen LogP contribution in [0.3, 0.4) is 0 Å². The molecule has 1 amide bonds. The summed E-state index contributed by atoms with van der Waals surface area (Å²) in [6, 6.07) is 12.0. The number of carbonyl (C=O) groups is 1. The van der Waals surface area contributed by atoms with Crippen LogP contribution < -0.4 is 5.32 Å². The first-order chi connectivity index (χ1) is 17.5. The topological polar surface area (TPSA) is 83.5 Å². The monoisotopic (exact) mass is 563 g/mol. The minimum atomic E-state index is -6.14. The molecule has 0 atom stereocenters. The van der Waals surface area contributed by atoms with Gasteiger partial charge >= 0.3 is 12.4 Å². The molecular formula is C25H20F7NO4S. The zero-order valence-electron chi connectivity index (χ0n) is 19.5. The molecule has 3 rings (SSSR count). The highest BCUT2D eigenvalue weighted by Gasteiger charge is 2.71. The lowest BCUT2D eigenvalue weighted by Gasteiger charge is -2.32. The fraction of sp³-hybridized carbons (Fsp3) is 0.240. The summed E-state index contributed by atoms with van der Waals surface area (Å²) in [5.74, 6) is -1.96. The van der Waals surface area contributed by atoms with Crippen LogP contribution in [-0.2, 0) is 26.7 Å². The average molecular weight is 563 g/mol. The van der Waals surface area contributed by atoms with E-state index in [-0.39, 0.29) is 39.9 Å². The molecule has 0 aliphatic heterocycles. The molecule has 5 nitrogen and oxygen atoms in total. The van der Waals surface area contributed by atoms with Crippen LogP contribution >= 0.6 is 0 Å². The largest absolute Gasteiger partial charge is 0.430 e. The Labute approximate surface area is 212 Å². The summed E-state index contributed by atoms with van der Waals surface area (Å²) in [5.41, 5.74) is -6.41. The predicted octanol–water partition coefficient (Wildman–Crippen LogP) is 5.78. The van der Waals surface area contributed by atoms with Crippen molar-refractivity contribution in [3.05, 3.63) is 83.7 Å². The summed E-state index contributed by atoms with van der Waals surface area (Å²) in [6.07, 6.45) is -12.4. The van der Waals surface area contributed by atoms with Gasteiger partial charge in [0, 0.05) is 16.8 Å². The van der Waals surface area contributed by atoms with Gasteiger partial charge in [0.25, 0.3) is 5.60 Å². The second-order valence-electron chi connectivity index (χ2n) is 8.25. The lowest BCUT2D eigenvalue weighted by molar-refractivity contribution is -0.376. The average Bonchev–Trinajstić information content (AvgIpc) is 2.83. The van der Waals surface area contributed by atoms with Crippen LogP contribution in [0.5, 0.6) is 0 Å². The van der Waals surface area contributed by atoms with Gasteiger partial charge in [-0.1, -0.05) is 43.3 Å². The van der Waals surface area contributed by atoms with Gasteiger partial charge in [-0.05, 0) is 41.5 Å². The van der Waals surface area contributed by atoms with Gasteiger partial charge in [-0.3, -0.25) is 4.79 Å². The molecule has 0 aliphatic rings. The number of benzene rings is 3. The quantitative estimate of drug-likeness (QED) is 0.357. The molecule has 0 fully saturated rings. The minimum absolute atomic E-state index is 0.0248. The van der Waals surface area contributed by atoms with Gasteiger partial charge in [-0.15, -0.1) is 0 Å². The lowest BCUT2D eigenvalue weighted by atomic mass is 9.90. The third kappa shape index (κ3) is 5.83. The zero-order chi connectivity index (χ0) is 28.5. The maximum atomic E-state index is 14.6. The van der Waals surface area contributed by atoms with Crippen molar-refractivity contribution in [3.63, 3.8) is 0 Å². The second-order valence-corrected chi connectivity index (χ2v) is 10.5. The van der Waals surface area contributed by atoms with Crippen LogP contribution in [0.25, 0.3) is 11.1 Å². The van der Waals surface area contributed by atoms with Gasteiger partial charge in [0.1, 0.15) is 5.82 Å². The van der Waals surface area contributed by atoms with Gasteiger partial charge in [0.2, 0.25) is 5.91 Å². The van der Waals surface area contributed by atoms with Crippen LogP contribution in [-0.4, -0.2) is 37.5 Å². The maximum absolute atomic E-state index is 14.6. The van der Waals surface area contributed by atoms with E-state index >= 15 is 0 Å². The highest BCUT2D eigenvalue weighted by molar-refractivity contribution is 7.91. The molecule has 38 heavy (non-hydrogen) atoms. The third-order valence-electron chi connectivity index (χ3n) is 5.71. The van der Waals surface area contributed by atoms with Crippen molar-refractivity contribution < 1.29 is 49.1 Å². The van der Waals surface area contributed by atoms with Crippen molar-refractivity contribution >= 4 is 21.4 Å². The van der Waals surface area contributed by atoms with Crippen LogP contribution in [0.4, 0.5) is 36.4 Å². The molecule has 204 valence electrons. The van der Waals surface area contributed by atoms with Crippen molar-refractivity contribution in [3.8, 4) is 11.1 Å². The Morgan fingerprint density at radius 3 is 1.89 bits per heavy atom. The molecular weight excluding hydrogens is 543 g/mol. The fourth-order valence-corrected chi connectivity index (χ4v) is 4.45. The Morgan fingerprint density at radius 2 is 1.42 bits per heavy atom. The molecule has 3 aromatic carbocycles. The molecule has 0 bridgehead atoms. The first kappa shape index (κ1) is 29.1. The summed E-state index contributed by atoms with van der Waals surface area (Å²) in [7, 11) is -3.38. The smallest absolute Gasteiger partial charge is 0.369 e. The Kier molecular flexibility index (Phi) is 7.94. The number of anilines is 1. The maximum Gasteiger partial charge on any atom is 0.430 e. The first-order valence-corrected chi connectivity index (χ1v) is 12.5. The van der Waals surface area contributed by atoms with Crippen molar-refractivity contribution in [1.82, 2.24) is 0 Å². The molecule has 0 aliphatic carbocycles. The number of halogens is 7. The molecule has 0 spiro atoms. The van der Waals surface area contributed by atoms with Gasteiger partial charge in [-0.2, -0.15) is 26.3 Å². The van der Waals surface area contributed by atoms with Gasteiger partial charge in [0.15, 0.2) is 9.84 Å². The molecule has 0 radical (unpaired) electrons. The van der Waals surface area contributed by atoms with Crippen molar-refractivity contribution in [2.24, 2.45) is 0 Å². The van der Waals surface area contributed by atoms with Gasteiger partial charge in [0.05, 0.1) is 17.1 Å². The summed E-state index contributed by atoms with van der Waals surface area (Å²) in [6.45, 7) is 1.51. The number of hydrogen-bond acceptors (Lipinski definition) is 4. The van der Waals surface area contributed by atoms with Crippen molar-refractivity contribution in [2.45, 2.75) is 36.2 Å². The van der Waals surface area contributed by atoms with Crippen molar-refractivity contribution in [1.29, 1.82) is 0 Å². The Balaban J connectivity index is 1.75. The van der Waals surface area contributed by atoms with E-state index in [0.717, 1.165) is 0 Å². The highest BCUT2D eigenvalue weighted by atomic mass is 32.2. The normalized spacial score (nSPS) is 12.9. The molecule has 0 heterocycles. The molecule has 13 heteroatoms. The number of hydrogen-bond donors (Lipinski definition) is 2. The zero-order valence-corrected chi connectivity index (χ0v) is 20.3. The Hall–Kier alpha value is -3.45. The molecule has 3 aromatic rings. The summed E-state index contributed by atoms with van der Waals surface area (Å²) in [4.78, 5) is 12.5. The number of aliphatic hydroxyl groups is 1. The highest BCUT2D eigenvalue weighted by Crippen LogP contribution is 2.50. The summed E-state index contributed by atoms with van der Waals surface area (Å²) < 4.78 is 117. The predicted molar refractivity (Wildman–Crippen MR) is 124 cm³/mol.